The predicted molar refractivity (Wildman–Crippen MR) is 105 cm³/mol. The quantitative estimate of drug-likeness (QED) is 0.660. The first-order valence-corrected chi connectivity index (χ1v) is 10.4. The summed E-state index contributed by atoms with van der Waals surface area (Å²) in [4.78, 5) is 28.6. The normalized spacial score (nSPS) is 25.8. The molecule has 7 nitrogen and oxygen atoms in total. The van der Waals surface area contributed by atoms with Crippen LogP contribution in [-0.2, 0) is 9.53 Å². The van der Waals surface area contributed by atoms with E-state index in [9.17, 15) is 14.7 Å². The monoisotopic (exact) mass is 389 g/mol. The lowest BCUT2D eigenvalue weighted by Gasteiger charge is -2.36. The van der Waals surface area contributed by atoms with Crippen LogP contribution < -0.4 is 10.6 Å². The largest absolute Gasteiger partial charge is 0.394 e. The molecule has 3 N–H and O–H groups in total. The lowest BCUT2D eigenvalue weighted by Crippen LogP contribution is -2.51. The molecule has 154 valence electrons. The maximum Gasteiger partial charge on any atom is 0.270 e. The molecule has 1 aromatic heterocycles. The van der Waals surface area contributed by atoms with Gasteiger partial charge in [-0.15, -0.1) is 0 Å². The van der Waals surface area contributed by atoms with Crippen LogP contribution >= 0.6 is 0 Å². The van der Waals surface area contributed by atoms with E-state index in [1.807, 2.05) is 0 Å². The number of aliphatic hydroxyl groups excluding tert-OH is 1. The third kappa shape index (κ3) is 5.75. The molecule has 2 fully saturated rings. The van der Waals surface area contributed by atoms with Crippen LogP contribution in [0.4, 0.5) is 0 Å². The second kappa shape index (κ2) is 10.5. The molecule has 0 radical (unpaired) electrons. The summed E-state index contributed by atoms with van der Waals surface area (Å²) in [6, 6.07) is 4.94. The number of hydrogen-bond donors (Lipinski definition) is 3. The summed E-state index contributed by atoms with van der Waals surface area (Å²) in [7, 11) is 0. The van der Waals surface area contributed by atoms with Gasteiger partial charge in [-0.2, -0.15) is 0 Å². The molecular formula is C21H31N3O4. The highest BCUT2D eigenvalue weighted by Crippen LogP contribution is 2.24. The molecule has 1 saturated heterocycles. The lowest BCUT2D eigenvalue weighted by atomic mass is 9.88. The van der Waals surface area contributed by atoms with Gasteiger partial charge in [0.2, 0.25) is 5.91 Å². The van der Waals surface area contributed by atoms with Crippen molar-refractivity contribution in [2.24, 2.45) is 5.92 Å². The summed E-state index contributed by atoms with van der Waals surface area (Å²) in [5.74, 6) is 0.0676. The van der Waals surface area contributed by atoms with Crippen LogP contribution in [0.5, 0.6) is 0 Å². The van der Waals surface area contributed by atoms with Crippen molar-refractivity contribution < 1.29 is 19.4 Å². The third-order valence-corrected chi connectivity index (χ3v) is 5.75. The number of hydrogen-bond acceptors (Lipinski definition) is 5. The number of aromatic nitrogens is 1. The van der Waals surface area contributed by atoms with Crippen molar-refractivity contribution in [1.82, 2.24) is 15.6 Å². The second-order valence-corrected chi connectivity index (χ2v) is 7.77. The van der Waals surface area contributed by atoms with Gasteiger partial charge in [0, 0.05) is 18.7 Å². The van der Waals surface area contributed by atoms with E-state index in [0.717, 1.165) is 44.9 Å². The van der Waals surface area contributed by atoms with Gasteiger partial charge in [0.25, 0.3) is 5.91 Å². The molecular weight excluding hydrogens is 358 g/mol. The summed E-state index contributed by atoms with van der Waals surface area (Å²) in [6.07, 6.45) is 8.86. The maximum atomic E-state index is 12.3. The van der Waals surface area contributed by atoms with Gasteiger partial charge in [-0.25, -0.2) is 0 Å². The zero-order valence-electron chi connectivity index (χ0n) is 16.3. The molecule has 1 aromatic rings. The van der Waals surface area contributed by atoms with Gasteiger partial charge >= 0.3 is 0 Å². The molecule has 2 aliphatic rings. The van der Waals surface area contributed by atoms with Crippen molar-refractivity contribution in [2.45, 2.75) is 69.6 Å². The van der Waals surface area contributed by atoms with Crippen LogP contribution in [0.2, 0.25) is 0 Å². The summed E-state index contributed by atoms with van der Waals surface area (Å²) in [5.41, 5.74) is 0.353. The van der Waals surface area contributed by atoms with Crippen LogP contribution in [-0.4, -0.2) is 53.3 Å². The minimum absolute atomic E-state index is 0.0215. The first-order valence-electron chi connectivity index (χ1n) is 10.4. The number of aliphatic hydroxyl groups is 1. The average Bonchev–Trinajstić information content (AvgIpc) is 2.75. The Morgan fingerprint density at radius 1 is 1.14 bits per heavy atom. The van der Waals surface area contributed by atoms with Gasteiger partial charge in [0.15, 0.2) is 0 Å². The van der Waals surface area contributed by atoms with E-state index in [4.69, 9.17) is 4.74 Å². The number of pyridine rings is 1. The van der Waals surface area contributed by atoms with E-state index in [0.29, 0.717) is 12.2 Å². The molecule has 3 rings (SSSR count). The average molecular weight is 389 g/mol. The summed E-state index contributed by atoms with van der Waals surface area (Å²) in [6.45, 7) is 0.432. The molecule has 1 aliphatic heterocycles. The Morgan fingerprint density at radius 2 is 1.96 bits per heavy atom. The van der Waals surface area contributed by atoms with Crippen LogP contribution in [0.25, 0.3) is 0 Å². The number of carbonyl (C=O) groups is 2. The minimum atomic E-state index is -0.444. The Hall–Kier alpha value is -1.99. The fraction of sp³-hybridized carbons (Fsp3) is 0.667. The second-order valence-electron chi connectivity index (χ2n) is 7.77. The summed E-state index contributed by atoms with van der Waals surface area (Å²) < 4.78 is 5.98. The van der Waals surface area contributed by atoms with E-state index >= 15 is 0 Å². The zero-order chi connectivity index (χ0) is 19.8. The molecule has 0 spiro atoms. The van der Waals surface area contributed by atoms with Crippen molar-refractivity contribution in [3.8, 4) is 0 Å². The van der Waals surface area contributed by atoms with Crippen molar-refractivity contribution in [3.63, 3.8) is 0 Å². The highest BCUT2D eigenvalue weighted by molar-refractivity contribution is 5.92. The van der Waals surface area contributed by atoms with E-state index in [1.165, 1.54) is 6.42 Å². The number of rotatable bonds is 7. The Balaban J connectivity index is 1.41. The minimum Gasteiger partial charge on any atom is -0.394 e. The van der Waals surface area contributed by atoms with E-state index in [2.05, 4.69) is 15.6 Å². The number of carbonyl (C=O) groups excluding carboxylic acids is 2. The standard InChI is InChI=1S/C21H31N3O4/c25-14-19-17(24-21(27)18-8-4-5-12-22-18)10-9-16(28-19)11-13-23-20(26)15-6-2-1-3-7-15/h4-5,8,12,15-17,19,25H,1-3,6-7,9-11,13-14H2,(H,23,26)(H,24,27)/t16-,17-,19+/m0/s1. The first kappa shape index (κ1) is 20.7. The summed E-state index contributed by atoms with van der Waals surface area (Å²) >= 11 is 0. The fourth-order valence-electron chi connectivity index (χ4n) is 4.11. The molecule has 7 heteroatoms. The van der Waals surface area contributed by atoms with E-state index in [1.54, 1.807) is 24.4 Å². The molecule has 2 heterocycles. The van der Waals surface area contributed by atoms with Gasteiger partial charge < -0.3 is 20.5 Å². The molecule has 0 bridgehead atoms. The molecule has 3 atom stereocenters. The third-order valence-electron chi connectivity index (χ3n) is 5.75. The van der Waals surface area contributed by atoms with Gasteiger partial charge in [0.1, 0.15) is 11.8 Å². The summed E-state index contributed by atoms with van der Waals surface area (Å²) in [5, 5.41) is 15.6. The molecule has 28 heavy (non-hydrogen) atoms. The van der Waals surface area contributed by atoms with Gasteiger partial charge in [0.05, 0.1) is 18.8 Å². The van der Waals surface area contributed by atoms with E-state index < -0.39 is 6.10 Å². The molecule has 0 unspecified atom stereocenters. The number of nitrogens with one attached hydrogen (secondary N) is 2. The Kier molecular flexibility index (Phi) is 7.80. The Morgan fingerprint density at radius 3 is 2.68 bits per heavy atom. The smallest absolute Gasteiger partial charge is 0.270 e. The Bertz CT molecular complexity index is 634. The van der Waals surface area contributed by atoms with Crippen molar-refractivity contribution >= 4 is 11.8 Å². The maximum absolute atomic E-state index is 12.3. The predicted octanol–water partition coefficient (Wildman–Crippen LogP) is 1.81. The number of nitrogens with zero attached hydrogens (tertiary/aromatic N) is 1. The van der Waals surface area contributed by atoms with Crippen LogP contribution in [0.3, 0.4) is 0 Å². The molecule has 2 amide bonds. The van der Waals surface area contributed by atoms with Crippen molar-refractivity contribution in [3.05, 3.63) is 30.1 Å². The zero-order valence-corrected chi connectivity index (χ0v) is 16.3. The molecule has 1 aliphatic carbocycles. The number of amides is 2. The molecule has 0 aromatic carbocycles. The van der Waals surface area contributed by atoms with Crippen molar-refractivity contribution in [2.75, 3.05) is 13.2 Å². The van der Waals surface area contributed by atoms with Crippen LogP contribution in [0.1, 0.15) is 61.9 Å². The topological polar surface area (TPSA) is 101 Å². The highest BCUT2D eigenvalue weighted by Gasteiger charge is 2.32. The Labute approximate surface area is 166 Å². The van der Waals surface area contributed by atoms with Crippen molar-refractivity contribution in [1.29, 1.82) is 0 Å². The van der Waals surface area contributed by atoms with Crippen LogP contribution in [0.15, 0.2) is 24.4 Å². The van der Waals surface area contributed by atoms with Gasteiger partial charge in [-0.05, 0) is 44.2 Å². The fourth-order valence-corrected chi connectivity index (χ4v) is 4.11. The highest BCUT2D eigenvalue weighted by atomic mass is 16.5. The van der Waals surface area contributed by atoms with Gasteiger partial charge in [-0.3, -0.25) is 14.6 Å². The lowest BCUT2D eigenvalue weighted by molar-refractivity contribution is -0.126. The van der Waals surface area contributed by atoms with E-state index in [-0.39, 0.29) is 36.5 Å². The first-order chi connectivity index (χ1) is 13.7. The SMILES string of the molecule is O=C(N[C@H]1CC[C@@H](CCNC(=O)C2CCCCC2)O[C@@H]1CO)c1ccccn1. The van der Waals surface area contributed by atoms with Crippen LogP contribution in [0, 0.1) is 5.92 Å². The van der Waals surface area contributed by atoms with Gasteiger partial charge in [-0.1, -0.05) is 25.3 Å². The molecule has 1 saturated carbocycles. The number of ether oxygens (including phenoxy) is 1.